The smallest absolute Gasteiger partial charge is 0.317 e. The van der Waals surface area contributed by atoms with E-state index in [2.05, 4.69) is 39.0 Å². The van der Waals surface area contributed by atoms with Crippen molar-refractivity contribution in [1.29, 1.82) is 0 Å². The Hall–Kier alpha value is -2.83. The second-order valence-corrected chi connectivity index (χ2v) is 8.22. The van der Waals surface area contributed by atoms with Crippen LogP contribution in [-0.4, -0.2) is 49.8 Å². The summed E-state index contributed by atoms with van der Waals surface area (Å²) in [5.41, 5.74) is 5.40. The molecule has 1 fully saturated rings. The molecule has 0 aromatic carbocycles. The van der Waals surface area contributed by atoms with Crippen LogP contribution in [0.15, 0.2) is 24.5 Å². The number of hydrogen-bond acceptors (Lipinski definition) is 3. The summed E-state index contributed by atoms with van der Waals surface area (Å²) in [5.74, 6) is 0. The fourth-order valence-corrected chi connectivity index (χ4v) is 4.36. The van der Waals surface area contributed by atoms with E-state index in [1.54, 1.807) is 0 Å². The topological polar surface area (TPSA) is 78.8 Å². The van der Waals surface area contributed by atoms with E-state index < -0.39 is 0 Å². The summed E-state index contributed by atoms with van der Waals surface area (Å²) in [6, 6.07) is 4.54. The number of fused-ring (bicyclic) bond motifs is 3. The van der Waals surface area contributed by atoms with Crippen LogP contribution in [0.2, 0.25) is 0 Å². The van der Waals surface area contributed by atoms with E-state index in [9.17, 15) is 4.79 Å². The van der Waals surface area contributed by atoms with Gasteiger partial charge >= 0.3 is 6.03 Å². The zero-order valence-electron chi connectivity index (χ0n) is 15.9. The van der Waals surface area contributed by atoms with Gasteiger partial charge in [0.2, 0.25) is 0 Å². The van der Waals surface area contributed by atoms with Gasteiger partial charge < -0.3 is 15.2 Å². The monoisotopic (exact) mass is 364 g/mol. The molecular formula is C20H24N6O. The number of nitrogens with one attached hydrogen (secondary N) is 2. The lowest BCUT2D eigenvalue weighted by Crippen LogP contribution is -2.63. The van der Waals surface area contributed by atoms with Crippen molar-refractivity contribution in [3.63, 3.8) is 0 Å². The van der Waals surface area contributed by atoms with Crippen LogP contribution in [0.1, 0.15) is 31.5 Å². The number of aromatic amines is 1. The van der Waals surface area contributed by atoms with Crippen LogP contribution in [0.5, 0.6) is 0 Å². The van der Waals surface area contributed by atoms with Crippen LogP contribution in [0.4, 0.5) is 4.79 Å². The highest BCUT2D eigenvalue weighted by atomic mass is 16.2. The largest absolute Gasteiger partial charge is 0.346 e. The van der Waals surface area contributed by atoms with E-state index in [-0.39, 0.29) is 17.5 Å². The highest BCUT2D eigenvalue weighted by Gasteiger charge is 2.51. The number of amides is 2. The van der Waals surface area contributed by atoms with Gasteiger partial charge in [0.05, 0.1) is 5.69 Å². The highest BCUT2D eigenvalue weighted by molar-refractivity contribution is 5.84. The van der Waals surface area contributed by atoms with Gasteiger partial charge in [0.1, 0.15) is 5.65 Å². The molecule has 2 aliphatic heterocycles. The Morgan fingerprint density at radius 3 is 2.93 bits per heavy atom. The van der Waals surface area contributed by atoms with E-state index in [0.29, 0.717) is 0 Å². The molecule has 1 spiro atoms. The number of rotatable bonds is 2. The third kappa shape index (κ3) is 2.44. The zero-order chi connectivity index (χ0) is 18.8. The molecule has 5 rings (SSSR count). The molecule has 1 saturated heterocycles. The maximum Gasteiger partial charge on any atom is 0.317 e. The molecule has 2 N–H and O–H groups in total. The second kappa shape index (κ2) is 5.58. The minimum absolute atomic E-state index is 0.0337. The van der Waals surface area contributed by atoms with Gasteiger partial charge in [-0.2, -0.15) is 5.10 Å². The quantitative estimate of drug-likeness (QED) is 0.734. The normalized spacial score (nSPS) is 17.6. The van der Waals surface area contributed by atoms with Gasteiger partial charge in [0.15, 0.2) is 0 Å². The van der Waals surface area contributed by atoms with Gasteiger partial charge in [0, 0.05) is 60.1 Å². The Labute approximate surface area is 157 Å². The van der Waals surface area contributed by atoms with E-state index >= 15 is 0 Å². The molecular weight excluding hydrogens is 340 g/mol. The van der Waals surface area contributed by atoms with E-state index in [0.717, 1.165) is 48.3 Å². The van der Waals surface area contributed by atoms with Crippen molar-refractivity contribution in [1.82, 2.24) is 30.0 Å². The molecule has 0 atom stereocenters. The molecule has 0 bridgehead atoms. The van der Waals surface area contributed by atoms with Crippen LogP contribution in [0, 0.1) is 6.92 Å². The standard InChI is InChI=1S/C20H24N6O/c1-12(2)23-19(27)25-10-20(11-25)4-5-26-17(20)7-16(24-26)14-6-15-13(3)8-21-18(15)22-9-14/h6-9,12H,4-5,10-11H2,1-3H3,(H,21,22)(H,23,27). The molecule has 2 amide bonds. The van der Waals surface area contributed by atoms with Crippen LogP contribution in [0.25, 0.3) is 22.3 Å². The van der Waals surface area contributed by atoms with Crippen molar-refractivity contribution in [3.8, 4) is 11.3 Å². The number of likely N-dealkylation sites (tertiary alicyclic amines) is 1. The van der Waals surface area contributed by atoms with Gasteiger partial charge in [-0.05, 0) is 44.9 Å². The first-order valence-corrected chi connectivity index (χ1v) is 9.53. The van der Waals surface area contributed by atoms with Gasteiger partial charge in [-0.15, -0.1) is 0 Å². The Morgan fingerprint density at radius 1 is 1.33 bits per heavy atom. The third-order valence-corrected chi connectivity index (χ3v) is 5.85. The van der Waals surface area contributed by atoms with Crippen molar-refractivity contribution in [3.05, 3.63) is 35.8 Å². The number of aryl methyl sites for hydroxylation is 2. The van der Waals surface area contributed by atoms with Crippen molar-refractivity contribution < 1.29 is 4.79 Å². The summed E-state index contributed by atoms with van der Waals surface area (Å²) in [7, 11) is 0. The SMILES string of the molecule is Cc1c[nH]c2ncc(-c3cc4n(n3)CCC43CN(C(=O)NC(C)C)C3)cc12. The van der Waals surface area contributed by atoms with Crippen LogP contribution in [-0.2, 0) is 12.0 Å². The molecule has 27 heavy (non-hydrogen) atoms. The number of carbonyl (C=O) groups excluding carboxylic acids is 1. The number of nitrogens with zero attached hydrogens (tertiary/aromatic N) is 4. The first-order chi connectivity index (χ1) is 12.9. The fraction of sp³-hybridized carbons (Fsp3) is 0.450. The maximum atomic E-state index is 12.2. The molecule has 0 saturated carbocycles. The molecule has 2 aliphatic rings. The lowest BCUT2D eigenvalue weighted by molar-refractivity contribution is 0.0909. The Balaban J connectivity index is 1.41. The number of hydrogen-bond donors (Lipinski definition) is 2. The minimum Gasteiger partial charge on any atom is -0.346 e. The van der Waals surface area contributed by atoms with Crippen molar-refractivity contribution >= 4 is 17.1 Å². The second-order valence-electron chi connectivity index (χ2n) is 8.22. The van der Waals surface area contributed by atoms with Crippen LogP contribution < -0.4 is 5.32 Å². The van der Waals surface area contributed by atoms with E-state index in [1.165, 1.54) is 11.3 Å². The molecule has 5 heterocycles. The molecule has 0 radical (unpaired) electrons. The lowest BCUT2D eigenvalue weighted by Gasteiger charge is -2.47. The van der Waals surface area contributed by atoms with Crippen LogP contribution >= 0.6 is 0 Å². The lowest BCUT2D eigenvalue weighted by atomic mass is 9.76. The van der Waals surface area contributed by atoms with Crippen molar-refractivity contribution in [2.45, 2.75) is 45.2 Å². The van der Waals surface area contributed by atoms with Gasteiger partial charge in [-0.3, -0.25) is 4.68 Å². The first kappa shape index (κ1) is 16.4. The van der Waals surface area contributed by atoms with E-state index in [1.807, 2.05) is 31.1 Å². The molecule has 3 aromatic rings. The molecule has 3 aromatic heterocycles. The number of carbonyl (C=O) groups is 1. The predicted octanol–water partition coefficient (Wildman–Crippen LogP) is 2.81. The highest BCUT2D eigenvalue weighted by Crippen LogP contribution is 2.43. The van der Waals surface area contributed by atoms with Gasteiger partial charge in [0.25, 0.3) is 0 Å². The van der Waals surface area contributed by atoms with Gasteiger partial charge in [-0.25, -0.2) is 9.78 Å². The Kier molecular flexibility index (Phi) is 3.38. The maximum absolute atomic E-state index is 12.2. The third-order valence-electron chi connectivity index (χ3n) is 5.85. The Bertz CT molecular complexity index is 1040. The number of pyridine rings is 1. The average Bonchev–Trinajstić information content (AvgIpc) is 3.26. The Morgan fingerprint density at radius 2 is 2.15 bits per heavy atom. The minimum atomic E-state index is 0.0337. The van der Waals surface area contributed by atoms with Crippen molar-refractivity contribution in [2.24, 2.45) is 0 Å². The summed E-state index contributed by atoms with van der Waals surface area (Å²) < 4.78 is 2.11. The number of aromatic nitrogens is 4. The summed E-state index contributed by atoms with van der Waals surface area (Å²) in [5, 5.41) is 8.94. The molecule has 140 valence electrons. The summed E-state index contributed by atoms with van der Waals surface area (Å²) >= 11 is 0. The zero-order valence-corrected chi connectivity index (χ0v) is 15.9. The van der Waals surface area contributed by atoms with Crippen LogP contribution in [0.3, 0.4) is 0 Å². The van der Waals surface area contributed by atoms with Crippen molar-refractivity contribution in [2.75, 3.05) is 13.1 Å². The molecule has 7 heteroatoms. The molecule has 0 aliphatic carbocycles. The molecule has 7 nitrogen and oxygen atoms in total. The van der Waals surface area contributed by atoms with E-state index in [4.69, 9.17) is 5.10 Å². The number of H-pyrrole nitrogens is 1. The average molecular weight is 364 g/mol. The van der Waals surface area contributed by atoms with Gasteiger partial charge in [-0.1, -0.05) is 0 Å². The number of urea groups is 1. The first-order valence-electron chi connectivity index (χ1n) is 9.53. The summed E-state index contributed by atoms with van der Waals surface area (Å²) in [6.07, 6.45) is 4.91. The fourth-order valence-electron chi connectivity index (χ4n) is 4.36. The summed E-state index contributed by atoms with van der Waals surface area (Å²) in [6.45, 7) is 8.50. The molecule has 0 unspecified atom stereocenters. The summed E-state index contributed by atoms with van der Waals surface area (Å²) in [4.78, 5) is 21.8. The predicted molar refractivity (Wildman–Crippen MR) is 104 cm³/mol.